The Kier molecular flexibility index (Phi) is 6.74. The van der Waals surface area contributed by atoms with Gasteiger partial charge in [-0.1, -0.05) is 30.3 Å². The molecule has 1 aromatic carbocycles. The number of amides is 1. The van der Waals surface area contributed by atoms with Crippen LogP contribution in [-0.2, 0) is 16.1 Å². The van der Waals surface area contributed by atoms with Crippen molar-refractivity contribution in [2.75, 3.05) is 39.8 Å². The molecule has 3 heterocycles. The van der Waals surface area contributed by atoms with Crippen molar-refractivity contribution in [1.29, 1.82) is 0 Å². The zero-order valence-electron chi connectivity index (χ0n) is 19.2. The van der Waals surface area contributed by atoms with Crippen molar-refractivity contribution >= 4 is 11.5 Å². The lowest BCUT2D eigenvalue weighted by Crippen LogP contribution is -2.41. The number of likely N-dealkylation sites (tertiary alicyclic amines) is 1. The van der Waals surface area contributed by atoms with Crippen LogP contribution in [0.2, 0.25) is 0 Å². The highest BCUT2D eigenvalue weighted by atomic mass is 16.5. The Bertz CT molecular complexity index is 961. The molecule has 0 saturated carbocycles. The van der Waals surface area contributed by atoms with Gasteiger partial charge >= 0.3 is 0 Å². The van der Waals surface area contributed by atoms with E-state index in [2.05, 4.69) is 33.2 Å². The molecule has 0 bridgehead atoms. The molecular weight excluding hydrogens is 406 g/mol. The van der Waals surface area contributed by atoms with Gasteiger partial charge < -0.3 is 14.7 Å². The van der Waals surface area contributed by atoms with Crippen LogP contribution in [0.5, 0.6) is 0 Å². The average Bonchev–Trinajstić information content (AvgIpc) is 3.42. The third kappa shape index (κ3) is 5.62. The van der Waals surface area contributed by atoms with E-state index in [1.807, 2.05) is 17.0 Å². The maximum absolute atomic E-state index is 12.7. The van der Waals surface area contributed by atoms with Crippen LogP contribution in [0.1, 0.15) is 32.3 Å². The van der Waals surface area contributed by atoms with Gasteiger partial charge in [-0.25, -0.2) is 9.67 Å². The van der Waals surface area contributed by atoms with E-state index in [1.165, 1.54) is 11.1 Å². The summed E-state index contributed by atoms with van der Waals surface area (Å²) in [5.41, 5.74) is 2.54. The maximum Gasteiger partial charge on any atom is 0.237 e. The molecular formula is C24H33N5O3. The predicted octanol–water partition coefficient (Wildman–Crippen LogP) is 2.05. The highest BCUT2D eigenvalue weighted by Gasteiger charge is 2.26. The summed E-state index contributed by atoms with van der Waals surface area (Å²) >= 11 is 0. The third-order valence-corrected chi connectivity index (χ3v) is 6.08. The van der Waals surface area contributed by atoms with Crippen LogP contribution >= 0.6 is 0 Å². The molecule has 0 radical (unpaired) electrons. The number of aliphatic hydroxyl groups is 1. The topological polar surface area (TPSA) is 83.7 Å². The van der Waals surface area contributed by atoms with Crippen molar-refractivity contribution in [3.05, 3.63) is 42.2 Å². The van der Waals surface area contributed by atoms with E-state index in [0.29, 0.717) is 25.5 Å². The van der Waals surface area contributed by atoms with E-state index >= 15 is 0 Å². The predicted molar refractivity (Wildman–Crippen MR) is 123 cm³/mol. The lowest BCUT2D eigenvalue weighted by atomic mass is 9.98. The number of rotatable bonds is 7. The number of methoxy groups -OCH3 is 1. The molecule has 2 aliphatic heterocycles. The molecule has 1 aromatic heterocycles. The molecule has 2 aliphatic rings. The zero-order chi connectivity index (χ0) is 22.7. The molecule has 1 N–H and O–H groups in total. The molecule has 32 heavy (non-hydrogen) atoms. The monoisotopic (exact) mass is 439 g/mol. The van der Waals surface area contributed by atoms with Gasteiger partial charge in [-0.3, -0.25) is 9.69 Å². The molecule has 1 saturated heterocycles. The fourth-order valence-corrected chi connectivity index (χ4v) is 4.32. The Morgan fingerprint density at radius 1 is 1.22 bits per heavy atom. The highest BCUT2D eigenvalue weighted by Crippen LogP contribution is 2.25. The lowest BCUT2D eigenvalue weighted by molar-refractivity contribution is -0.131. The van der Waals surface area contributed by atoms with Gasteiger partial charge in [-0.05, 0) is 37.8 Å². The van der Waals surface area contributed by atoms with E-state index in [-0.39, 0.29) is 12.0 Å². The second kappa shape index (κ2) is 9.52. The van der Waals surface area contributed by atoms with Crippen LogP contribution in [0, 0.1) is 0 Å². The summed E-state index contributed by atoms with van der Waals surface area (Å²) in [5.74, 6) is 0.841. The normalized spacial score (nSPS) is 19.9. The summed E-state index contributed by atoms with van der Waals surface area (Å²) in [6, 6.07) is 8.23. The Morgan fingerprint density at radius 2 is 1.97 bits per heavy atom. The van der Waals surface area contributed by atoms with Gasteiger partial charge in [0.15, 0.2) is 5.82 Å². The number of hydrogen-bond acceptors (Lipinski definition) is 6. The zero-order valence-corrected chi connectivity index (χ0v) is 19.2. The van der Waals surface area contributed by atoms with Crippen molar-refractivity contribution in [2.24, 2.45) is 0 Å². The van der Waals surface area contributed by atoms with Gasteiger partial charge in [0, 0.05) is 38.9 Å². The molecule has 1 amide bonds. The molecule has 0 aliphatic carbocycles. The molecule has 8 nitrogen and oxygen atoms in total. The van der Waals surface area contributed by atoms with Crippen molar-refractivity contribution in [3.63, 3.8) is 0 Å². The minimum absolute atomic E-state index is 0.195. The fraction of sp³-hybridized carbons (Fsp3) is 0.542. The molecule has 1 fully saturated rings. The van der Waals surface area contributed by atoms with Gasteiger partial charge in [0.2, 0.25) is 5.91 Å². The summed E-state index contributed by atoms with van der Waals surface area (Å²) in [6.07, 6.45) is 5.91. The number of aromatic nitrogens is 3. The van der Waals surface area contributed by atoms with E-state index in [9.17, 15) is 9.90 Å². The largest absolute Gasteiger partial charge is 0.389 e. The summed E-state index contributed by atoms with van der Waals surface area (Å²) in [5, 5.41) is 14.4. The quantitative estimate of drug-likeness (QED) is 0.711. The second-order valence-electron chi connectivity index (χ2n) is 9.36. The molecule has 0 unspecified atom stereocenters. The minimum Gasteiger partial charge on any atom is -0.389 e. The van der Waals surface area contributed by atoms with Gasteiger partial charge in [-0.2, -0.15) is 5.10 Å². The number of nitrogens with zero attached hydrogens (tertiary/aromatic N) is 5. The SMILES string of the molecule is CO[C@H]1CCN(CC(=O)N2CC=C(c3ccc(-c4ncn(CC(C)(C)O)n4)cc3)CC2)C1. The molecule has 172 valence electrons. The molecule has 2 aromatic rings. The van der Waals surface area contributed by atoms with Crippen molar-refractivity contribution in [1.82, 2.24) is 24.6 Å². The van der Waals surface area contributed by atoms with Gasteiger partial charge in [-0.15, -0.1) is 0 Å². The summed E-state index contributed by atoms with van der Waals surface area (Å²) in [4.78, 5) is 21.2. The Morgan fingerprint density at radius 3 is 2.59 bits per heavy atom. The average molecular weight is 440 g/mol. The molecule has 0 spiro atoms. The lowest BCUT2D eigenvalue weighted by Gasteiger charge is -2.28. The first-order valence-corrected chi connectivity index (χ1v) is 11.3. The summed E-state index contributed by atoms with van der Waals surface area (Å²) in [7, 11) is 1.74. The Labute approximate surface area is 189 Å². The van der Waals surface area contributed by atoms with Crippen LogP contribution in [0.3, 0.4) is 0 Å². The Balaban J connectivity index is 1.33. The summed E-state index contributed by atoms with van der Waals surface area (Å²) in [6.45, 7) is 7.54. The number of benzene rings is 1. The standard InChI is InChI=1S/C24H33N5O3/c1-24(2,31)16-29-17-25-23(26-29)20-6-4-18(5-7-20)19-8-12-28(13-9-19)22(30)15-27-11-10-21(14-27)32-3/h4-8,17,21,31H,9-16H2,1-3H3/t21-/m0/s1. The Hall–Kier alpha value is -2.55. The maximum atomic E-state index is 12.7. The number of ether oxygens (including phenoxy) is 1. The molecule has 4 rings (SSSR count). The first-order valence-electron chi connectivity index (χ1n) is 11.3. The van der Waals surface area contributed by atoms with Crippen LogP contribution in [0.15, 0.2) is 36.7 Å². The fourth-order valence-electron chi connectivity index (χ4n) is 4.32. The molecule has 1 atom stereocenters. The number of carbonyl (C=O) groups excluding carboxylic acids is 1. The van der Waals surface area contributed by atoms with E-state index < -0.39 is 5.60 Å². The van der Waals surface area contributed by atoms with Crippen molar-refractivity contribution in [2.45, 2.75) is 44.9 Å². The molecule has 8 heteroatoms. The van der Waals surface area contributed by atoms with E-state index in [4.69, 9.17) is 4.74 Å². The first-order chi connectivity index (χ1) is 15.3. The van der Waals surface area contributed by atoms with Crippen molar-refractivity contribution < 1.29 is 14.6 Å². The van der Waals surface area contributed by atoms with Crippen molar-refractivity contribution in [3.8, 4) is 11.4 Å². The van der Waals surface area contributed by atoms with Crippen LogP contribution in [0.4, 0.5) is 0 Å². The number of carbonyl (C=O) groups is 1. The minimum atomic E-state index is -0.835. The van der Waals surface area contributed by atoms with Crippen LogP contribution in [-0.4, -0.2) is 87.1 Å². The van der Waals surface area contributed by atoms with E-state index in [0.717, 1.165) is 38.0 Å². The van der Waals surface area contributed by atoms with Gasteiger partial charge in [0.25, 0.3) is 0 Å². The first kappa shape index (κ1) is 22.6. The van der Waals surface area contributed by atoms with E-state index in [1.54, 1.807) is 32.0 Å². The highest BCUT2D eigenvalue weighted by molar-refractivity contribution is 5.80. The van der Waals surface area contributed by atoms with Crippen LogP contribution < -0.4 is 0 Å². The third-order valence-electron chi connectivity index (χ3n) is 6.08. The van der Waals surface area contributed by atoms with Gasteiger partial charge in [0.1, 0.15) is 6.33 Å². The summed E-state index contributed by atoms with van der Waals surface area (Å²) < 4.78 is 7.06. The second-order valence-corrected chi connectivity index (χ2v) is 9.36. The number of hydrogen-bond donors (Lipinski definition) is 1. The van der Waals surface area contributed by atoms with Crippen LogP contribution in [0.25, 0.3) is 17.0 Å². The smallest absolute Gasteiger partial charge is 0.237 e. The van der Waals surface area contributed by atoms with Gasteiger partial charge in [0.05, 0.1) is 24.8 Å².